The van der Waals surface area contributed by atoms with E-state index in [1.807, 2.05) is 34.6 Å². The number of carbonyl (C=O) groups is 4. The molecule has 0 bridgehead atoms. The summed E-state index contributed by atoms with van der Waals surface area (Å²) < 4.78 is 0. The van der Waals surface area contributed by atoms with Gasteiger partial charge in [-0.2, -0.15) is 0 Å². The van der Waals surface area contributed by atoms with Gasteiger partial charge in [-0.1, -0.05) is 41.5 Å². The molecule has 0 amide bonds. The van der Waals surface area contributed by atoms with Crippen molar-refractivity contribution in [1.29, 1.82) is 0 Å². The van der Waals surface area contributed by atoms with Gasteiger partial charge in [0, 0.05) is 31.1 Å². The molecule has 4 aliphatic carbocycles. The molecule has 4 rings (SSSR count). The number of carboxylic acid groups (broad SMARTS) is 1. The first-order valence-corrected chi connectivity index (χ1v) is 13.8. The minimum atomic E-state index is -1.00. The van der Waals surface area contributed by atoms with Gasteiger partial charge in [-0.05, 0) is 65.9 Å². The average molecular weight is 517 g/mol. The predicted octanol–water partition coefficient (Wildman–Crippen LogP) is 4.13. The molecule has 0 heterocycles. The monoisotopic (exact) mass is 516 g/mol. The van der Waals surface area contributed by atoms with Crippen molar-refractivity contribution in [1.82, 2.24) is 0 Å². The number of fused-ring (bicyclic) bond motifs is 4. The van der Waals surface area contributed by atoms with Gasteiger partial charge in [0.2, 0.25) is 0 Å². The van der Waals surface area contributed by atoms with Crippen LogP contribution in [0.2, 0.25) is 0 Å². The highest BCUT2D eigenvalue weighted by Crippen LogP contribution is 2.71. The third kappa shape index (κ3) is 3.82. The van der Waals surface area contributed by atoms with E-state index < -0.39 is 45.8 Å². The number of carboxylic acids is 1. The second-order valence-corrected chi connectivity index (χ2v) is 13.9. The molecule has 2 fully saturated rings. The van der Waals surface area contributed by atoms with Gasteiger partial charge in [0.15, 0.2) is 0 Å². The molecule has 0 radical (unpaired) electrons. The van der Waals surface area contributed by atoms with Crippen LogP contribution in [0, 0.1) is 45.3 Å². The molecule has 0 aromatic carbocycles. The van der Waals surface area contributed by atoms with Crippen LogP contribution >= 0.6 is 0 Å². The Balaban J connectivity index is 1.74. The summed E-state index contributed by atoms with van der Waals surface area (Å²) in [6.45, 7) is 13.4. The van der Waals surface area contributed by atoms with Crippen molar-refractivity contribution in [2.45, 2.75) is 106 Å². The zero-order valence-electron chi connectivity index (χ0n) is 23.4. The van der Waals surface area contributed by atoms with Crippen LogP contribution in [0.3, 0.4) is 0 Å². The summed E-state index contributed by atoms with van der Waals surface area (Å²) in [5.74, 6) is -2.16. The van der Waals surface area contributed by atoms with E-state index in [1.165, 1.54) is 6.92 Å². The lowest BCUT2D eigenvalue weighted by atomic mass is 9.42. The third-order valence-electron chi connectivity index (χ3n) is 11.5. The number of rotatable bonds is 6. The number of ketones is 3. The highest BCUT2D eigenvalue weighted by molar-refractivity contribution is 5.93. The maximum absolute atomic E-state index is 13.9. The quantitative estimate of drug-likeness (QED) is 0.453. The highest BCUT2D eigenvalue weighted by atomic mass is 16.4. The van der Waals surface area contributed by atoms with Gasteiger partial charge in [0.05, 0.1) is 23.5 Å². The molecule has 0 spiro atoms. The number of hydrogen-bond acceptors (Lipinski definition) is 6. The maximum Gasteiger partial charge on any atom is 0.306 e. The summed E-state index contributed by atoms with van der Waals surface area (Å²) in [6, 6.07) is 0. The minimum absolute atomic E-state index is 0.0323. The summed E-state index contributed by atoms with van der Waals surface area (Å²) in [5, 5.41) is 32.5. The largest absolute Gasteiger partial charge is 0.481 e. The van der Waals surface area contributed by atoms with Crippen LogP contribution in [-0.2, 0) is 19.2 Å². The van der Waals surface area contributed by atoms with Crippen molar-refractivity contribution in [3.8, 4) is 0 Å². The van der Waals surface area contributed by atoms with Crippen molar-refractivity contribution in [2.24, 2.45) is 45.3 Å². The molecule has 0 aliphatic heterocycles. The molecule has 37 heavy (non-hydrogen) atoms. The Hall–Kier alpha value is -1.86. The van der Waals surface area contributed by atoms with Gasteiger partial charge >= 0.3 is 5.97 Å². The molecular weight excluding hydrogens is 472 g/mol. The molecule has 2 saturated carbocycles. The van der Waals surface area contributed by atoms with Gasteiger partial charge in [-0.15, -0.1) is 0 Å². The molecule has 3 N–H and O–H groups in total. The summed E-state index contributed by atoms with van der Waals surface area (Å²) in [4.78, 5) is 50.7. The SMILES string of the molecule is C[C@H](CC(=O)C[C@@H](C)[C@H]1CC(=O)[C@@]2(C)C3=C([C@@H](O)C[C@]12C)[C@@]1(C)CCC(=O)C(C)(C)[C@@H]1C[C@@H]3O)C(=O)O. The smallest absolute Gasteiger partial charge is 0.306 e. The summed E-state index contributed by atoms with van der Waals surface area (Å²) >= 11 is 0. The third-order valence-corrected chi connectivity index (χ3v) is 11.5. The van der Waals surface area contributed by atoms with Gasteiger partial charge in [0.1, 0.15) is 17.3 Å². The van der Waals surface area contributed by atoms with Crippen molar-refractivity contribution >= 4 is 23.3 Å². The Morgan fingerprint density at radius 2 is 1.57 bits per heavy atom. The zero-order valence-corrected chi connectivity index (χ0v) is 23.4. The number of carbonyl (C=O) groups excluding carboxylic acids is 3. The van der Waals surface area contributed by atoms with Gasteiger partial charge in [-0.25, -0.2) is 0 Å². The number of hydrogen-bond donors (Lipinski definition) is 3. The van der Waals surface area contributed by atoms with E-state index in [1.54, 1.807) is 0 Å². The summed E-state index contributed by atoms with van der Waals surface area (Å²) in [7, 11) is 0. The number of Topliss-reactive ketones (excluding diaryl/α,β-unsaturated/α-hetero) is 3. The van der Waals surface area contributed by atoms with Crippen LogP contribution < -0.4 is 0 Å². The fraction of sp³-hybridized carbons (Fsp3) is 0.800. The molecule has 0 saturated heterocycles. The molecular formula is C30H44O7. The number of aliphatic carboxylic acids is 1. The fourth-order valence-corrected chi connectivity index (χ4v) is 9.21. The molecule has 4 aliphatic rings. The Kier molecular flexibility index (Phi) is 6.72. The lowest BCUT2D eigenvalue weighted by Crippen LogP contribution is -2.60. The van der Waals surface area contributed by atoms with Crippen LogP contribution in [0.4, 0.5) is 0 Å². The topological polar surface area (TPSA) is 129 Å². The summed E-state index contributed by atoms with van der Waals surface area (Å²) in [6.07, 6.45) is 0.378. The van der Waals surface area contributed by atoms with Gasteiger partial charge in [-0.3, -0.25) is 19.2 Å². The summed E-state index contributed by atoms with van der Waals surface area (Å²) in [5.41, 5.74) is -1.32. The average Bonchev–Trinajstić information content (AvgIpc) is 2.99. The van der Waals surface area contributed by atoms with Crippen LogP contribution in [0.15, 0.2) is 11.1 Å². The van der Waals surface area contributed by atoms with Crippen molar-refractivity contribution in [3.63, 3.8) is 0 Å². The van der Waals surface area contributed by atoms with E-state index in [4.69, 9.17) is 0 Å². The maximum atomic E-state index is 13.9. The van der Waals surface area contributed by atoms with Gasteiger partial charge in [0.25, 0.3) is 0 Å². The lowest BCUT2D eigenvalue weighted by Gasteiger charge is -2.62. The normalized spacial score (nSPS) is 42.5. The Bertz CT molecular complexity index is 1070. The number of aliphatic hydroxyl groups excluding tert-OH is 2. The Labute approximate surface area is 220 Å². The van der Waals surface area contributed by atoms with E-state index >= 15 is 0 Å². The van der Waals surface area contributed by atoms with Crippen LogP contribution in [0.25, 0.3) is 0 Å². The standard InChI is InChI=1S/C30H44O7/c1-15(10-17(31)11-16(2)26(36)37)18-12-23(35)30(7)25-19(32)13-21-27(3,4)22(34)8-9-28(21,5)24(25)20(33)14-29(18,30)6/h15-16,18-21,32-33H,8-14H2,1-7H3,(H,36,37)/t15-,16-,18-,19+,20+,21+,28+,29-,30+/m1/s1. The van der Waals surface area contributed by atoms with E-state index in [0.29, 0.717) is 31.3 Å². The van der Waals surface area contributed by atoms with E-state index in [9.17, 15) is 34.5 Å². The van der Waals surface area contributed by atoms with E-state index in [2.05, 4.69) is 6.92 Å². The Morgan fingerprint density at radius 1 is 0.946 bits per heavy atom. The van der Waals surface area contributed by atoms with Crippen molar-refractivity contribution in [2.75, 3.05) is 0 Å². The Morgan fingerprint density at radius 3 is 2.16 bits per heavy atom. The first kappa shape index (κ1) is 28.2. The van der Waals surface area contributed by atoms with Crippen molar-refractivity contribution < 1.29 is 34.5 Å². The van der Waals surface area contributed by atoms with Crippen LogP contribution in [0.5, 0.6) is 0 Å². The molecule has 0 aromatic rings. The first-order chi connectivity index (χ1) is 16.9. The second-order valence-electron chi connectivity index (χ2n) is 13.9. The van der Waals surface area contributed by atoms with Gasteiger partial charge < -0.3 is 15.3 Å². The molecule has 7 nitrogen and oxygen atoms in total. The number of aliphatic hydroxyl groups is 2. The zero-order chi connectivity index (χ0) is 27.9. The fourth-order valence-electron chi connectivity index (χ4n) is 9.21. The molecule has 0 unspecified atom stereocenters. The second kappa shape index (κ2) is 8.84. The van der Waals surface area contributed by atoms with Crippen LogP contribution in [0.1, 0.15) is 93.4 Å². The highest BCUT2D eigenvalue weighted by Gasteiger charge is 2.70. The lowest BCUT2D eigenvalue weighted by molar-refractivity contribution is -0.146. The predicted molar refractivity (Wildman–Crippen MR) is 137 cm³/mol. The first-order valence-electron chi connectivity index (χ1n) is 13.8. The van der Waals surface area contributed by atoms with E-state index in [0.717, 1.165) is 5.57 Å². The van der Waals surface area contributed by atoms with E-state index in [-0.39, 0.29) is 54.4 Å². The molecule has 206 valence electrons. The van der Waals surface area contributed by atoms with Crippen molar-refractivity contribution in [3.05, 3.63) is 11.1 Å². The van der Waals surface area contributed by atoms with Crippen LogP contribution in [-0.4, -0.2) is 50.8 Å². The molecule has 9 atom stereocenters. The molecule has 7 heteroatoms. The molecule has 0 aromatic heterocycles. The minimum Gasteiger partial charge on any atom is -0.481 e.